The average Bonchev–Trinajstić information content (AvgIpc) is 2.80. The van der Waals surface area contributed by atoms with Crippen LogP contribution < -0.4 is 5.32 Å². The summed E-state index contributed by atoms with van der Waals surface area (Å²) >= 11 is 0. The molecule has 5 heteroatoms. The summed E-state index contributed by atoms with van der Waals surface area (Å²) in [6.45, 7) is 0. The van der Waals surface area contributed by atoms with Gasteiger partial charge >= 0.3 is 0 Å². The van der Waals surface area contributed by atoms with Crippen LogP contribution in [0.3, 0.4) is 0 Å². The van der Waals surface area contributed by atoms with Gasteiger partial charge in [0.25, 0.3) is 5.91 Å². The Morgan fingerprint density at radius 3 is 2.44 bits per heavy atom. The molecule has 0 bridgehead atoms. The highest BCUT2D eigenvalue weighted by Crippen LogP contribution is 2.20. The zero-order chi connectivity index (χ0) is 13.2. The molecule has 0 heterocycles. The minimum Gasteiger partial charge on any atom is -0.349 e. The summed E-state index contributed by atoms with van der Waals surface area (Å²) in [6.07, 6.45) is 5.32. The highest BCUT2D eigenvalue weighted by molar-refractivity contribution is 7.90. The molecule has 0 aliphatic heterocycles. The van der Waals surface area contributed by atoms with Crippen molar-refractivity contribution in [1.29, 1.82) is 0 Å². The summed E-state index contributed by atoms with van der Waals surface area (Å²) in [5.41, 5.74) is 0.242. The summed E-state index contributed by atoms with van der Waals surface area (Å²) < 4.78 is 23.2. The number of rotatable bonds is 3. The van der Waals surface area contributed by atoms with E-state index in [4.69, 9.17) is 0 Å². The van der Waals surface area contributed by atoms with Crippen molar-refractivity contribution in [2.24, 2.45) is 0 Å². The van der Waals surface area contributed by atoms with Crippen LogP contribution in [-0.2, 0) is 9.84 Å². The van der Waals surface area contributed by atoms with Gasteiger partial charge in [0.15, 0.2) is 9.84 Å². The number of hydrogen-bond donors (Lipinski definition) is 1. The van der Waals surface area contributed by atoms with Crippen molar-refractivity contribution in [3.05, 3.63) is 29.8 Å². The highest BCUT2D eigenvalue weighted by Gasteiger charge is 2.22. The molecule has 4 nitrogen and oxygen atoms in total. The molecule has 98 valence electrons. The van der Waals surface area contributed by atoms with Crippen molar-refractivity contribution < 1.29 is 13.2 Å². The summed E-state index contributed by atoms with van der Waals surface area (Å²) in [5.74, 6) is -0.289. The first-order valence-electron chi connectivity index (χ1n) is 6.08. The van der Waals surface area contributed by atoms with Crippen molar-refractivity contribution in [2.45, 2.75) is 36.6 Å². The molecule has 0 unspecified atom stereocenters. The van der Waals surface area contributed by atoms with Gasteiger partial charge in [0.2, 0.25) is 0 Å². The number of amides is 1. The normalized spacial score (nSPS) is 16.7. The van der Waals surface area contributed by atoms with E-state index in [2.05, 4.69) is 5.32 Å². The van der Waals surface area contributed by atoms with Gasteiger partial charge in [0.1, 0.15) is 0 Å². The number of sulfone groups is 1. The average molecular weight is 267 g/mol. The predicted molar refractivity (Wildman–Crippen MR) is 69.3 cm³/mol. The van der Waals surface area contributed by atoms with E-state index >= 15 is 0 Å². The standard InChI is InChI=1S/C13H17NO3S/c1-18(16,17)12-9-5-4-8-11(12)13(15)14-10-6-2-3-7-10/h4-5,8-10H,2-3,6-7H2,1H3,(H,14,15). The quantitative estimate of drug-likeness (QED) is 0.907. The SMILES string of the molecule is CS(=O)(=O)c1ccccc1C(=O)NC1CCCC1. The van der Waals surface area contributed by atoms with Crippen LogP contribution in [0.1, 0.15) is 36.0 Å². The molecule has 1 amide bonds. The number of carbonyl (C=O) groups is 1. The molecule has 0 atom stereocenters. The van der Waals surface area contributed by atoms with Gasteiger partial charge in [0, 0.05) is 12.3 Å². The molecule has 0 radical (unpaired) electrons. The number of benzene rings is 1. The third kappa shape index (κ3) is 2.90. The maximum atomic E-state index is 12.1. The second-order valence-corrected chi connectivity index (χ2v) is 6.71. The first-order valence-corrected chi connectivity index (χ1v) is 7.97. The van der Waals surface area contributed by atoms with E-state index in [0.717, 1.165) is 31.9 Å². The summed E-state index contributed by atoms with van der Waals surface area (Å²) in [4.78, 5) is 12.2. The first-order chi connectivity index (χ1) is 8.48. The lowest BCUT2D eigenvalue weighted by atomic mass is 10.2. The van der Waals surface area contributed by atoms with E-state index in [0.29, 0.717) is 0 Å². The van der Waals surface area contributed by atoms with Gasteiger partial charge in [-0.3, -0.25) is 4.79 Å². The lowest BCUT2D eigenvalue weighted by Crippen LogP contribution is -2.33. The Labute approximate surface area is 107 Å². The van der Waals surface area contributed by atoms with E-state index in [1.807, 2.05) is 0 Å². The second-order valence-electron chi connectivity index (χ2n) is 4.72. The van der Waals surface area contributed by atoms with Gasteiger partial charge < -0.3 is 5.32 Å². The molecule has 0 saturated heterocycles. The maximum absolute atomic E-state index is 12.1. The Kier molecular flexibility index (Phi) is 3.71. The van der Waals surface area contributed by atoms with Gasteiger partial charge in [-0.25, -0.2) is 8.42 Å². The van der Waals surface area contributed by atoms with Gasteiger partial charge in [-0.15, -0.1) is 0 Å². The molecule has 1 aliphatic carbocycles. The topological polar surface area (TPSA) is 63.2 Å². The fourth-order valence-electron chi connectivity index (χ4n) is 2.31. The van der Waals surface area contributed by atoms with Crippen molar-refractivity contribution in [3.8, 4) is 0 Å². The molecule has 0 spiro atoms. The number of hydrogen-bond acceptors (Lipinski definition) is 3. The fraction of sp³-hybridized carbons (Fsp3) is 0.462. The summed E-state index contributed by atoms with van der Waals surface area (Å²) in [5, 5.41) is 2.90. The molecular formula is C13H17NO3S. The lowest BCUT2D eigenvalue weighted by Gasteiger charge is -2.13. The van der Waals surface area contributed by atoms with Crippen LogP contribution in [0, 0.1) is 0 Å². The molecule has 1 N–H and O–H groups in total. The minimum atomic E-state index is -3.37. The van der Waals surface area contributed by atoms with Gasteiger partial charge in [-0.05, 0) is 25.0 Å². The van der Waals surface area contributed by atoms with Crippen LogP contribution >= 0.6 is 0 Å². The lowest BCUT2D eigenvalue weighted by molar-refractivity contribution is 0.0934. The second kappa shape index (κ2) is 5.10. The molecule has 2 rings (SSSR count). The Morgan fingerprint density at radius 1 is 1.22 bits per heavy atom. The van der Waals surface area contributed by atoms with Crippen LogP contribution in [-0.4, -0.2) is 26.6 Å². The van der Waals surface area contributed by atoms with Gasteiger partial charge in [-0.2, -0.15) is 0 Å². The van der Waals surface area contributed by atoms with Crippen LogP contribution in [0.25, 0.3) is 0 Å². The zero-order valence-corrected chi connectivity index (χ0v) is 11.2. The van der Waals surface area contributed by atoms with Crippen LogP contribution in [0.2, 0.25) is 0 Å². The molecule has 1 fully saturated rings. The molecule has 1 aromatic carbocycles. The maximum Gasteiger partial charge on any atom is 0.252 e. The molecular weight excluding hydrogens is 250 g/mol. The van der Waals surface area contributed by atoms with E-state index in [9.17, 15) is 13.2 Å². The molecule has 1 aromatic rings. The smallest absolute Gasteiger partial charge is 0.252 e. The Morgan fingerprint density at radius 2 is 1.83 bits per heavy atom. The number of carbonyl (C=O) groups excluding carboxylic acids is 1. The Bertz CT molecular complexity index is 545. The van der Waals surface area contributed by atoms with Crippen LogP contribution in [0.4, 0.5) is 0 Å². The molecule has 18 heavy (non-hydrogen) atoms. The van der Waals surface area contributed by atoms with E-state index in [1.165, 1.54) is 6.07 Å². The van der Waals surface area contributed by atoms with Crippen LogP contribution in [0.5, 0.6) is 0 Å². The third-order valence-electron chi connectivity index (χ3n) is 3.22. The molecule has 1 aliphatic rings. The van der Waals surface area contributed by atoms with Crippen molar-refractivity contribution in [2.75, 3.05) is 6.26 Å². The van der Waals surface area contributed by atoms with Crippen molar-refractivity contribution in [3.63, 3.8) is 0 Å². The van der Waals surface area contributed by atoms with Gasteiger partial charge in [0.05, 0.1) is 10.5 Å². The predicted octanol–water partition coefficient (Wildman–Crippen LogP) is 1.76. The largest absolute Gasteiger partial charge is 0.349 e. The number of nitrogens with one attached hydrogen (secondary N) is 1. The van der Waals surface area contributed by atoms with E-state index in [-0.39, 0.29) is 22.4 Å². The van der Waals surface area contributed by atoms with Gasteiger partial charge in [-0.1, -0.05) is 25.0 Å². The Balaban J connectivity index is 2.24. The molecule has 0 aromatic heterocycles. The highest BCUT2D eigenvalue weighted by atomic mass is 32.2. The third-order valence-corrected chi connectivity index (χ3v) is 4.38. The van der Waals surface area contributed by atoms with E-state index in [1.54, 1.807) is 18.2 Å². The molecule has 1 saturated carbocycles. The van der Waals surface area contributed by atoms with Crippen LogP contribution in [0.15, 0.2) is 29.2 Å². The summed E-state index contributed by atoms with van der Waals surface area (Å²) in [6, 6.07) is 6.52. The zero-order valence-electron chi connectivity index (χ0n) is 10.3. The summed E-state index contributed by atoms with van der Waals surface area (Å²) in [7, 11) is -3.37. The fourth-order valence-corrected chi connectivity index (χ4v) is 3.20. The van der Waals surface area contributed by atoms with Crippen molar-refractivity contribution >= 4 is 15.7 Å². The minimum absolute atomic E-state index is 0.0977. The Hall–Kier alpha value is -1.36. The first kappa shape index (κ1) is 13.1. The van der Waals surface area contributed by atoms with E-state index < -0.39 is 9.84 Å². The van der Waals surface area contributed by atoms with Crippen molar-refractivity contribution in [1.82, 2.24) is 5.32 Å². The monoisotopic (exact) mass is 267 g/mol.